The van der Waals surface area contributed by atoms with Gasteiger partial charge in [0.05, 0.1) is 17.8 Å². The molecule has 1 amide bonds. The van der Waals surface area contributed by atoms with Gasteiger partial charge in [0.2, 0.25) is 5.91 Å². The lowest BCUT2D eigenvalue weighted by Gasteiger charge is -2.08. The molecule has 0 saturated heterocycles. The molecule has 2 rings (SSSR count). The first-order chi connectivity index (χ1) is 8.95. The number of amides is 1. The van der Waals surface area contributed by atoms with E-state index < -0.39 is 0 Å². The molecule has 4 nitrogen and oxygen atoms in total. The molecule has 19 heavy (non-hydrogen) atoms. The summed E-state index contributed by atoms with van der Waals surface area (Å²) in [7, 11) is 0. The van der Waals surface area contributed by atoms with E-state index in [0.717, 1.165) is 27.6 Å². The Balaban J connectivity index is 2.09. The summed E-state index contributed by atoms with van der Waals surface area (Å²) >= 11 is 6.50. The van der Waals surface area contributed by atoms with E-state index in [1.54, 1.807) is 0 Å². The van der Waals surface area contributed by atoms with E-state index >= 15 is 0 Å². The van der Waals surface area contributed by atoms with Gasteiger partial charge in [0.25, 0.3) is 0 Å². The maximum Gasteiger partial charge on any atom is 0.229 e. The van der Waals surface area contributed by atoms with Crippen molar-refractivity contribution >= 4 is 35.1 Å². The van der Waals surface area contributed by atoms with Crippen LogP contribution in [0.4, 0.5) is 5.69 Å². The van der Waals surface area contributed by atoms with E-state index in [9.17, 15) is 4.79 Å². The number of aromatic amines is 1. The van der Waals surface area contributed by atoms with Crippen molar-refractivity contribution in [2.24, 2.45) is 0 Å². The highest BCUT2D eigenvalue weighted by molar-refractivity contribution is 7.73. The van der Waals surface area contributed by atoms with Gasteiger partial charge in [0.1, 0.15) is 0 Å². The fourth-order valence-electron chi connectivity index (χ4n) is 1.76. The van der Waals surface area contributed by atoms with Gasteiger partial charge < -0.3 is 10.3 Å². The molecule has 6 heteroatoms. The number of carbonyl (C=O) groups is 1. The zero-order valence-corrected chi connectivity index (χ0v) is 12.7. The number of nitrogens with one attached hydrogen (secondary N) is 2. The Kier molecular flexibility index (Phi) is 4.11. The van der Waals surface area contributed by atoms with Crippen LogP contribution in [-0.2, 0) is 11.2 Å². The lowest BCUT2D eigenvalue weighted by Crippen LogP contribution is -2.15. The van der Waals surface area contributed by atoms with Crippen molar-refractivity contribution < 1.29 is 4.79 Å². The first kappa shape index (κ1) is 13.9. The first-order valence-electron chi connectivity index (χ1n) is 5.88. The molecule has 0 aromatic carbocycles. The number of carbonyl (C=O) groups excluding carboxylic acids is 1. The zero-order chi connectivity index (χ0) is 14.0. The summed E-state index contributed by atoms with van der Waals surface area (Å²) in [5.41, 5.74) is 3.48. The van der Waals surface area contributed by atoms with Crippen LogP contribution in [0.2, 0.25) is 0 Å². The molecule has 0 atom stereocenters. The van der Waals surface area contributed by atoms with Crippen molar-refractivity contribution in [1.29, 1.82) is 0 Å². The van der Waals surface area contributed by atoms with Crippen LogP contribution in [0, 0.1) is 24.7 Å². The minimum Gasteiger partial charge on any atom is -0.341 e. The molecule has 0 aliphatic heterocycles. The van der Waals surface area contributed by atoms with Gasteiger partial charge >= 0.3 is 0 Å². The normalized spacial score (nSPS) is 10.5. The summed E-state index contributed by atoms with van der Waals surface area (Å²) in [6, 6.07) is 3.76. The Hall–Kier alpha value is -1.53. The number of H-pyrrole nitrogens is 1. The highest BCUT2D eigenvalue weighted by atomic mass is 32.1. The second-order valence-corrected chi connectivity index (χ2v) is 6.15. The molecule has 0 radical (unpaired) electrons. The van der Waals surface area contributed by atoms with Gasteiger partial charge in [-0.05, 0) is 45.1 Å². The van der Waals surface area contributed by atoms with Crippen LogP contribution in [0.5, 0.6) is 0 Å². The predicted octanol–water partition coefficient (Wildman–Crippen LogP) is 3.31. The van der Waals surface area contributed by atoms with Crippen molar-refractivity contribution in [2.45, 2.75) is 27.2 Å². The van der Waals surface area contributed by atoms with Crippen LogP contribution in [0.1, 0.15) is 22.0 Å². The molecule has 2 aromatic rings. The van der Waals surface area contributed by atoms with Crippen LogP contribution >= 0.6 is 23.6 Å². The standard InChI is InChI=1S/C13H15N3OS2/c1-7-4-5-10(8(2)14-7)16-12(17)6-11-9(3)15-13(18)19-11/h4-5H,6H2,1-3H3,(H,15,18)(H,16,17). The van der Waals surface area contributed by atoms with Gasteiger partial charge in [0.15, 0.2) is 3.95 Å². The Morgan fingerprint density at radius 2 is 2.16 bits per heavy atom. The van der Waals surface area contributed by atoms with Crippen LogP contribution < -0.4 is 5.32 Å². The number of rotatable bonds is 3. The smallest absolute Gasteiger partial charge is 0.229 e. The Bertz CT molecular complexity index is 673. The monoisotopic (exact) mass is 293 g/mol. The predicted molar refractivity (Wildman–Crippen MR) is 80.3 cm³/mol. The van der Waals surface area contributed by atoms with Gasteiger partial charge in [0, 0.05) is 16.3 Å². The number of aryl methyl sites for hydroxylation is 3. The maximum absolute atomic E-state index is 12.0. The van der Waals surface area contributed by atoms with Crippen LogP contribution in [0.25, 0.3) is 0 Å². The molecule has 0 bridgehead atoms. The molecule has 0 unspecified atom stereocenters. The lowest BCUT2D eigenvalue weighted by atomic mass is 10.2. The van der Waals surface area contributed by atoms with Gasteiger partial charge in [-0.2, -0.15) is 0 Å². The summed E-state index contributed by atoms with van der Waals surface area (Å²) in [5.74, 6) is -0.0536. The number of nitrogens with zero attached hydrogens (tertiary/aromatic N) is 1. The summed E-state index contributed by atoms with van der Waals surface area (Å²) in [4.78, 5) is 20.3. The van der Waals surface area contributed by atoms with E-state index in [1.165, 1.54) is 11.3 Å². The average molecular weight is 293 g/mol. The summed E-state index contributed by atoms with van der Waals surface area (Å²) < 4.78 is 0.702. The number of aromatic nitrogens is 2. The summed E-state index contributed by atoms with van der Waals surface area (Å²) in [5, 5.41) is 2.88. The second kappa shape index (κ2) is 5.63. The minimum absolute atomic E-state index is 0.0536. The largest absolute Gasteiger partial charge is 0.341 e. The molecule has 0 aliphatic rings. The highest BCUT2D eigenvalue weighted by Crippen LogP contribution is 2.17. The van der Waals surface area contributed by atoms with E-state index in [2.05, 4.69) is 15.3 Å². The third kappa shape index (κ3) is 3.48. The van der Waals surface area contributed by atoms with Crippen molar-refractivity contribution in [3.05, 3.63) is 38.0 Å². The number of hydrogen-bond acceptors (Lipinski definition) is 4. The number of pyridine rings is 1. The van der Waals surface area contributed by atoms with Crippen molar-refractivity contribution in [1.82, 2.24) is 9.97 Å². The average Bonchev–Trinajstić information content (AvgIpc) is 2.61. The lowest BCUT2D eigenvalue weighted by molar-refractivity contribution is -0.115. The number of thiazole rings is 1. The summed E-state index contributed by atoms with van der Waals surface area (Å²) in [6.45, 7) is 5.73. The minimum atomic E-state index is -0.0536. The SMILES string of the molecule is Cc1ccc(NC(=O)Cc2sc(=S)[nH]c2C)c(C)n1. The summed E-state index contributed by atoms with van der Waals surface area (Å²) in [6.07, 6.45) is 0.330. The number of hydrogen-bond donors (Lipinski definition) is 2. The van der Waals surface area contributed by atoms with Gasteiger partial charge in [-0.3, -0.25) is 9.78 Å². The Labute approximate surface area is 120 Å². The van der Waals surface area contributed by atoms with Crippen LogP contribution in [0.15, 0.2) is 12.1 Å². The van der Waals surface area contributed by atoms with Crippen molar-refractivity contribution in [3.8, 4) is 0 Å². The maximum atomic E-state index is 12.0. The molecule has 2 aromatic heterocycles. The van der Waals surface area contributed by atoms with Crippen molar-refractivity contribution in [3.63, 3.8) is 0 Å². The molecule has 2 N–H and O–H groups in total. The van der Waals surface area contributed by atoms with E-state index in [0.29, 0.717) is 10.4 Å². The topological polar surface area (TPSA) is 57.8 Å². The van der Waals surface area contributed by atoms with Crippen LogP contribution in [-0.4, -0.2) is 15.9 Å². The molecular formula is C13H15N3OS2. The van der Waals surface area contributed by atoms with E-state index in [-0.39, 0.29) is 5.91 Å². The van der Waals surface area contributed by atoms with Gasteiger partial charge in [-0.25, -0.2) is 0 Å². The second-order valence-electron chi connectivity index (χ2n) is 4.37. The van der Waals surface area contributed by atoms with Gasteiger partial charge in [-0.15, -0.1) is 11.3 Å². The third-order valence-electron chi connectivity index (χ3n) is 2.74. The molecule has 0 aliphatic carbocycles. The first-order valence-corrected chi connectivity index (χ1v) is 7.11. The Morgan fingerprint density at radius 1 is 1.42 bits per heavy atom. The fraction of sp³-hybridized carbons (Fsp3) is 0.308. The van der Waals surface area contributed by atoms with Gasteiger partial charge in [-0.1, -0.05) is 0 Å². The number of anilines is 1. The molecular weight excluding hydrogens is 278 g/mol. The van der Waals surface area contributed by atoms with E-state index in [4.69, 9.17) is 12.2 Å². The van der Waals surface area contributed by atoms with Crippen LogP contribution in [0.3, 0.4) is 0 Å². The molecule has 2 heterocycles. The zero-order valence-electron chi connectivity index (χ0n) is 11.0. The highest BCUT2D eigenvalue weighted by Gasteiger charge is 2.10. The third-order valence-corrected chi connectivity index (χ3v) is 4.08. The molecule has 0 saturated carbocycles. The van der Waals surface area contributed by atoms with Crippen molar-refractivity contribution in [2.75, 3.05) is 5.32 Å². The quantitative estimate of drug-likeness (QED) is 0.854. The molecule has 100 valence electrons. The fourth-order valence-corrected chi connectivity index (χ4v) is 3.05. The Morgan fingerprint density at radius 3 is 2.74 bits per heavy atom. The molecule has 0 spiro atoms. The van der Waals surface area contributed by atoms with E-state index in [1.807, 2.05) is 32.9 Å². The molecule has 0 fully saturated rings.